The summed E-state index contributed by atoms with van der Waals surface area (Å²) in [5.74, 6) is 2.56. The van der Waals surface area contributed by atoms with Gasteiger partial charge in [0.1, 0.15) is 17.3 Å². The number of nitrogens with one attached hydrogen (secondary N) is 1. The maximum atomic E-state index is 5.43. The number of aromatic nitrogens is 3. The van der Waals surface area contributed by atoms with Gasteiger partial charge in [-0.25, -0.2) is 4.98 Å². The lowest BCUT2D eigenvalue weighted by Gasteiger charge is -2.21. The van der Waals surface area contributed by atoms with Crippen LogP contribution in [0.15, 0.2) is 24.3 Å². The smallest absolute Gasteiger partial charge is 0.158 e. The van der Waals surface area contributed by atoms with Gasteiger partial charge in [-0.2, -0.15) is 9.61 Å². The first-order valence-corrected chi connectivity index (χ1v) is 10.1. The lowest BCUT2D eigenvalue weighted by molar-refractivity contribution is 0.394. The SMILES string of the molecule is COc1cc(OC)cc(-c2cc3nc4c(c(NCCN(C)C)n3n2)CCCC4)c1. The second kappa shape index (κ2) is 8.29. The first kappa shape index (κ1) is 19.5. The van der Waals surface area contributed by atoms with Crippen LogP contribution < -0.4 is 14.8 Å². The molecule has 2 aromatic heterocycles. The van der Waals surface area contributed by atoms with E-state index >= 15 is 0 Å². The Morgan fingerprint density at radius 3 is 2.45 bits per heavy atom. The maximum Gasteiger partial charge on any atom is 0.158 e. The number of ether oxygens (including phenoxy) is 2. The number of methoxy groups -OCH3 is 2. The first-order chi connectivity index (χ1) is 14.1. The molecular weight excluding hydrogens is 366 g/mol. The number of benzene rings is 1. The van der Waals surface area contributed by atoms with Crippen molar-refractivity contribution in [2.24, 2.45) is 0 Å². The molecule has 4 rings (SSSR count). The van der Waals surface area contributed by atoms with Crippen molar-refractivity contribution in [3.8, 4) is 22.8 Å². The Morgan fingerprint density at radius 2 is 1.76 bits per heavy atom. The number of anilines is 1. The second-order valence-electron chi connectivity index (χ2n) is 7.72. The van der Waals surface area contributed by atoms with E-state index in [1.54, 1.807) is 14.2 Å². The van der Waals surface area contributed by atoms with Crippen LogP contribution in [-0.2, 0) is 12.8 Å². The average Bonchev–Trinajstić information content (AvgIpc) is 3.16. The van der Waals surface area contributed by atoms with Gasteiger partial charge in [0.15, 0.2) is 5.65 Å². The number of nitrogens with zero attached hydrogens (tertiary/aromatic N) is 4. The number of hydrogen-bond donors (Lipinski definition) is 1. The summed E-state index contributed by atoms with van der Waals surface area (Å²) < 4.78 is 12.8. The van der Waals surface area contributed by atoms with Crippen LogP contribution in [0.3, 0.4) is 0 Å². The molecule has 29 heavy (non-hydrogen) atoms. The number of fused-ring (bicyclic) bond motifs is 2. The maximum absolute atomic E-state index is 5.43. The molecule has 2 heterocycles. The third-order valence-electron chi connectivity index (χ3n) is 5.38. The molecule has 0 atom stereocenters. The highest BCUT2D eigenvalue weighted by Crippen LogP contribution is 2.32. The van der Waals surface area contributed by atoms with Gasteiger partial charge in [-0.1, -0.05) is 0 Å². The molecule has 3 aromatic rings. The van der Waals surface area contributed by atoms with Gasteiger partial charge in [0, 0.05) is 42.0 Å². The van der Waals surface area contributed by atoms with Crippen molar-refractivity contribution in [1.82, 2.24) is 19.5 Å². The molecule has 7 heteroatoms. The summed E-state index contributed by atoms with van der Waals surface area (Å²) in [5.41, 5.74) is 5.18. The van der Waals surface area contributed by atoms with Crippen molar-refractivity contribution in [1.29, 1.82) is 0 Å². The summed E-state index contributed by atoms with van der Waals surface area (Å²) in [6.45, 7) is 1.82. The highest BCUT2D eigenvalue weighted by Gasteiger charge is 2.20. The van der Waals surface area contributed by atoms with E-state index in [-0.39, 0.29) is 0 Å². The molecule has 0 radical (unpaired) electrons. The predicted octanol–water partition coefficient (Wildman–Crippen LogP) is 3.27. The molecule has 0 aliphatic heterocycles. The molecule has 154 valence electrons. The summed E-state index contributed by atoms with van der Waals surface area (Å²) in [6, 6.07) is 7.86. The van der Waals surface area contributed by atoms with Gasteiger partial charge >= 0.3 is 0 Å². The van der Waals surface area contributed by atoms with Crippen molar-refractivity contribution in [2.45, 2.75) is 25.7 Å². The third kappa shape index (κ3) is 4.00. The minimum Gasteiger partial charge on any atom is -0.497 e. The van der Waals surface area contributed by atoms with Crippen molar-refractivity contribution in [2.75, 3.05) is 46.7 Å². The van der Waals surface area contributed by atoms with E-state index in [1.165, 1.54) is 24.1 Å². The minimum atomic E-state index is 0.744. The zero-order chi connectivity index (χ0) is 20.4. The number of hydrogen-bond acceptors (Lipinski definition) is 6. The monoisotopic (exact) mass is 395 g/mol. The quantitative estimate of drug-likeness (QED) is 0.662. The summed E-state index contributed by atoms with van der Waals surface area (Å²) in [4.78, 5) is 7.11. The highest BCUT2D eigenvalue weighted by molar-refractivity contribution is 5.69. The van der Waals surface area contributed by atoms with E-state index in [4.69, 9.17) is 19.6 Å². The van der Waals surface area contributed by atoms with Crippen LogP contribution in [0.25, 0.3) is 16.9 Å². The van der Waals surface area contributed by atoms with Crippen LogP contribution in [0.4, 0.5) is 5.82 Å². The van der Waals surface area contributed by atoms with E-state index in [2.05, 4.69) is 24.3 Å². The molecule has 0 amide bonds. The van der Waals surface area contributed by atoms with Crippen molar-refractivity contribution in [3.63, 3.8) is 0 Å². The standard InChI is InChI=1S/C22H29N5O2/c1-26(2)10-9-23-22-18-7-5-6-8-19(18)24-21-14-20(25-27(21)22)15-11-16(28-3)13-17(12-15)29-4/h11-14,23H,5-10H2,1-4H3. The molecule has 0 spiro atoms. The summed E-state index contributed by atoms with van der Waals surface area (Å²) in [5, 5.41) is 8.53. The fourth-order valence-electron chi connectivity index (χ4n) is 3.83. The second-order valence-corrected chi connectivity index (χ2v) is 7.72. The van der Waals surface area contributed by atoms with Crippen LogP contribution in [0, 0.1) is 0 Å². The van der Waals surface area contributed by atoms with Gasteiger partial charge in [0.25, 0.3) is 0 Å². The van der Waals surface area contributed by atoms with E-state index < -0.39 is 0 Å². The predicted molar refractivity (Wildman–Crippen MR) is 115 cm³/mol. The minimum absolute atomic E-state index is 0.744. The topological polar surface area (TPSA) is 63.9 Å². The van der Waals surface area contributed by atoms with E-state index in [0.29, 0.717) is 0 Å². The summed E-state index contributed by atoms with van der Waals surface area (Å²) in [6.07, 6.45) is 4.47. The summed E-state index contributed by atoms with van der Waals surface area (Å²) in [7, 11) is 7.48. The lowest BCUT2D eigenvalue weighted by Crippen LogP contribution is -2.23. The van der Waals surface area contributed by atoms with Crippen LogP contribution >= 0.6 is 0 Å². The molecule has 1 aliphatic rings. The van der Waals surface area contributed by atoms with E-state index in [1.807, 2.05) is 28.8 Å². The normalized spacial score (nSPS) is 13.6. The van der Waals surface area contributed by atoms with Crippen LogP contribution in [0.5, 0.6) is 11.5 Å². The molecule has 1 aliphatic carbocycles. The van der Waals surface area contributed by atoms with Crippen LogP contribution in [0.1, 0.15) is 24.1 Å². The Hall–Kier alpha value is -2.80. The van der Waals surface area contributed by atoms with Crippen molar-refractivity contribution in [3.05, 3.63) is 35.5 Å². The molecule has 0 bridgehead atoms. The van der Waals surface area contributed by atoms with Crippen molar-refractivity contribution >= 4 is 11.5 Å². The first-order valence-electron chi connectivity index (χ1n) is 10.1. The molecule has 7 nitrogen and oxygen atoms in total. The molecule has 1 aromatic carbocycles. The molecule has 0 unspecified atom stereocenters. The fraction of sp³-hybridized carbons (Fsp3) is 0.455. The van der Waals surface area contributed by atoms with Gasteiger partial charge in [0.2, 0.25) is 0 Å². The van der Waals surface area contributed by atoms with E-state index in [9.17, 15) is 0 Å². The molecule has 0 fully saturated rings. The van der Waals surface area contributed by atoms with E-state index in [0.717, 1.165) is 60.2 Å². The lowest BCUT2D eigenvalue weighted by atomic mass is 9.96. The molecule has 0 saturated heterocycles. The average molecular weight is 396 g/mol. The van der Waals surface area contributed by atoms with Crippen LogP contribution in [-0.4, -0.2) is 60.9 Å². The number of likely N-dealkylation sites (N-methyl/N-ethyl adjacent to an activating group) is 1. The van der Waals surface area contributed by atoms with Crippen LogP contribution in [0.2, 0.25) is 0 Å². The Balaban J connectivity index is 1.80. The fourth-order valence-corrected chi connectivity index (χ4v) is 3.83. The zero-order valence-electron chi connectivity index (χ0n) is 17.7. The Bertz CT molecular complexity index is 990. The number of aryl methyl sites for hydroxylation is 1. The third-order valence-corrected chi connectivity index (χ3v) is 5.38. The summed E-state index contributed by atoms with van der Waals surface area (Å²) >= 11 is 0. The number of rotatable bonds is 7. The highest BCUT2D eigenvalue weighted by atomic mass is 16.5. The molecule has 0 saturated carbocycles. The van der Waals surface area contributed by atoms with Gasteiger partial charge in [-0.15, -0.1) is 0 Å². The van der Waals surface area contributed by atoms with Gasteiger partial charge in [-0.05, 0) is 51.9 Å². The van der Waals surface area contributed by atoms with Gasteiger partial charge in [-0.3, -0.25) is 0 Å². The van der Waals surface area contributed by atoms with Gasteiger partial charge in [0.05, 0.1) is 19.9 Å². The van der Waals surface area contributed by atoms with Gasteiger partial charge < -0.3 is 19.7 Å². The zero-order valence-corrected chi connectivity index (χ0v) is 17.7. The molecule has 1 N–H and O–H groups in total. The Labute approximate surface area is 171 Å². The Morgan fingerprint density at radius 1 is 1.03 bits per heavy atom. The van der Waals surface area contributed by atoms with Crippen molar-refractivity contribution < 1.29 is 9.47 Å². The largest absolute Gasteiger partial charge is 0.497 e. The Kier molecular flexibility index (Phi) is 5.58. The molecular formula is C22H29N5O2.